The van der Waals surface area contributed by atoms with Crippen LogP contribution in [0.25, 0.3) is 5.65 Å². The Labute approximate surface area is 142 Å². The maximum atomic E-state index is 5.87. The molecular formula is C20H23N3O. The molecular weight excluding hydrogens is 298 g/mol. The summed E-state index contributed by atoms with van der Waals surface area (Å²) < 4.78 is 7.92. The van der Waals surface area contributed by atoms with Crippen molar-refractivity contribution in [3.8, 4) is 5.75 Å². The van der Waals surface area contributed by atoms with Crippen LogP contribution in [0.15, 0.2) is 48.8 Å². The predicted molar refractivity (Wildman–Crippen MR) is 95.1 cm³/mol. The molecule has 1 N–H and O–H groups in total. The van der Waals surface area contributed by atoms with E-state index in [1.165, 1.54) is 24.0 Å². The number of hydrogen-bond acceptors (Lipinski definition) is 3. The lowest BCUT2D eigenvalue weighted by Gasteiger charge is -2.07. The molecule has 3 aromatic rings. The number of rotatable bonds is 7. The molecule has 0 spiro atoms. The molecule has 0 unspecified atom stereocenters. The number of ether oxygens (including phenoxy) is 1. The zero-order chi connectivity index (χ0) is 16.4. The van der Waals surface area contributed by atoms with Crippen LogP contribution in [0.5, 0.6) is 5.75 Å². The van der Waals surface area contributed by atoms with Crippen molar-refractivity contribution in [3.05, 3.63) is 65.6 Å². The summed E-state index contributed by atoms with van der Waals surface area (Å²) in [6.45, 7) is 4.64. The van der Waals surface area contributed by atoms with E-state index in [0.717, 1.165) is 36.1 Å². The fourth-order valence-corrected chi connectivity index (χ4v) is 2.88. The number of imidazole rings is 1. The van der Waals surface area contributed by atoms with E-state index in [0.29, 0.717) is 6.61 Å². The molecule has 0 aliphatic heterocycles. The summed E-state index contributed by atoms with van der Waals surface area (Å²) in [5.41, 5.74) is 4.41. The number of pyridine rings is 1. The highest BCUT2D eigenvalue weighted by Crippen LogP contribution is 2.27. The summed E-state index contributed by atoms with van der Waals surface area (Å²) in [4.78, 5) is 4.64. The monoisotopic (exact) mass is 321 g/mol. The average Bonchev–Trinajstić information content (AvgIpc) is 3.31. The molecule has 24 heavy (non-hydrogen) atoms. The summed E-state index contributed by atoms with van der Waals surface area (Å²) in [5, 5.41) is 3.51. The van der Waals surface area contributed by atoms with E-state index < -0.39 is 0 Å². The van der Waals surface area contributed by atoms with Gasteiger partial charge in [0.05, 0.1) is 5.69 Å². The lowest BCUT2D eigenvalue weighted by Crippen LogP contribution is -2.15. The van der Waals surface area contributed by atoms with Crippen molar-refractivity contribution < 1.29 is 4.74 Å². The van der Waals surface area contributed by atoms with Crippen molar-refractivity contribution in [2.24, 2.45) is 5.92 Å². The van der Waals surface area contributed by atoms with Crippen LogP contribution in [0.2, 0.25) is 0 Å². The molecule has 2 heterocycles. The molecule has 1 aliphatic rings. The summed E-state index contributed by atoms with van der Waals surface area (Å²) in [6, 6.07) is 12.4. The second kappa shape index (κ2) is 6.65. The van der Waals surface area contributed by atoms with Crippen molar-refractivity contribution in [2.75, 3.05) is 6.54 Å². The number of nitrogens with zero attached hydrogens (tertiary/aromatic N) is 2. The Morgan fingerprint density at radius 2 is 2.04 bits per heavy atom. The fourth-order valence-electron chi connectivity index (χ4n) is 2.88. The summed E-state index contributed by atoms with van der Waals surface area (Å²) in [6.07, 6.45) is 6.82. The Kier molecular flexibility index (Phi) is 4.22. The van der Waals surface area contributed by atoms with Gasteiger partial charge in [0.1, 0.15) is 18.0 Å². The molecule has 1 aromatic carbocycles. The summed E-state index contributed by atoms with van der Waals surface area (Å²) in [5.74, 6) is 1.80. The topological polar surface area (TPSA) is 38.6 Å². The second-order valence-corrected chi connectivity index (χ2v) is 6.66. The molecule has 0 saturated heterocycles. The van der Waals surface area contributed by atoms with Gasteiger partial charge in [0.2, 0.25) is 0 Å². The van der Waals surface area contributed by atoms with Crippen LogP contribution in [0.4, 0.5) is 0 Å². The number of aromatic nitrogens is 2. The second-order valence-electron chi connectivity index (χ2n) is 6.66. The molecule has 4 rings (SSSR count). The number of nitrogens with one attached hydrogen (secondary N) is 1. The molecule has 124 valence electrons. The molecule has 4 nitrogen and oxygen atoms in total. The lowest BCUT2D eigenvalue weighted by atomic mass is 10.2. The largest absolute Gasteiger partial charge is 0.487 e. The van der Waals surface area contributed by atoms with Crippen molar-refractivity contribution in [1.29, 1.82) is 0 Å². The van der Waals surface area contributed by atoms with Crippen LogP contribution in [0, 0.1) is 12.8 Å². The van der Waals surface area contributed by atoms with Gasteiger partial charge in [-0.25, -0.2) is 4.98 Å². The first-order valence-corrected chi connectivity index (χ1v) is 8.63. The molecule has 0 radical (unpaired) electrons. The van der Waals surface area contributed by atoms with Gasteiger partial charge in [0, 0.05) is 18.9 Å². The minimum Gasteiger partial charge on any atom is -0.487 e. The maximum Gasteiger partial charge on any atom is 0.140 e. The molecule has 0 atom stereocenters. The van der Waals surface area contributed by atoms with E-state index in [1.54, 1.807) is 0 Å². The Balaban J connectivity index is 1.33. The molecule has 0 bridgehead atoms. The van der Waals surface area contributed by atoms with Crippen LogP contribution >= 0.6 is 0 Å². The Hall–Kier alpha value is -2.33. The summed E-state index contributed by atoms with van der Waals surface area (Å²) >= 11 is 0. The van der Waals surface area contributed by atoms with Gasteiger partial charge in [-0.05, 0) is 61.6 Å². The van der Waals surface area contributed by atoms with Crippen LogP contribution in [0.1, 0.15) is 29.7 Å². The van der Waals surface area contributed by atoms with Crippen molar-refractivity contribution in [1.82, 2.24) is 14.7 Å². The Morgan fingerprint density at radius 3 is 2.79 bits per heavy atom. The van der Waals surface area contributed by atoms with Gasteiger partial charge in [0.25, 0.3) is 0 Å². The minimum atomic E-state index is 0.487. The van der Waals surface area contributed by atoms with Gasteiger partial charge in [-0.1, -0.05) is 18.2 Å². The van der Waals surface area contributed by atoms with Crippen LogP contribution < -0.4 is 10.1 Å². The number of fused-ring (bicyclic) bond motifs is 1. The zero-order valence-electron chi connectivity index (χ0n) is 14.0. The van der Waals surface area contributed by atoms with Gasteiger partial charge >= 0.3 is 0 Å². The molecule has 2 aromatic heterocycles. The normalized spacial score (nSPS) is 14.2. The first-order valence-electron chi connectivity index (χ1n) is 8.63. The highest BCUT2D eigenvalue weighted by atomic mass is 16.5. The van der Waals surface area contributed by atoms with Gasteiger partial charge in [-0.15, -0.1) is 0 Å². The van der Waals surface area contributed by atoms with Gasteiger partial charge < -0.3 is 14.5 Å². The van der Waals surface area contributed by atoms with E-state index >= 15 is 0 Å². The van der Waals surface area contributed by atoms with Gasteiger partial charge in [-0.3, -0.25) is 0 Å². The van der Waals surface area contributed by atoms with E-state index in [4.69, 9.17) is 4.74 Å². The molecule has 1 saturated carbocycles. The van der Waals surface area contributed by atoms with Crippen molar-refractivity contribution in [3.63, 3.8) is 0 Å². The van der Waals surface area contributed by atoms with E-state index in [9.17, 15) is 0 Å². The maximum absolute atomic E-state index is 5.87. The van der Waals surface area contributed by atoms with Crippen LogP contribution in [-0.4, -0.2) is 15.9 Å². The number of benzene rings is 1. The number of hydrogen-bond donors (Lipinski definition) is 1. The Morgan fingerprint density at radius 1 is 1.21 bits per heavy atom. The third kappa shape index (κ3) is 3.60. The smallest absolute Gasteiger partial charge is 0.140 e. The summed E-state index contributed by atoms with van der Waals surface area (Å²) in [7, 11) is 0. The first-order chi connectivity index (χ1) is 11.8. The highest BCUT2D eigenvalue weighted by Gasteiger charge is 2.20. The third-order valence-corrected chi connectivity index (χ3v) is 4.50. The molecule has 0 amide bonds. The van der Waals surface area contributed by atoms with E-state index in [-0.39, 0.29) is 0 Å². The standard InChI is InChI=1S/C20H23N3O/c1-15-3-2-10-23-13-18(22-20(15)23)14-24-19-8-6-17(7-9-19)12-21-11-16-4-5-16/h2-3,6-10,13,16,21H,4-5,11-12,14H2,1H3. The fraction of sp³-hybridized carbons (Fsp3) is 0.350. The van der Waals surface area contributed by atoms with E-state index in [2.05, 4.69) is 35.4 Å². The van der Waals surface area contributed by atoms with Crippen molar-refractivity contribution in [2.45, 2.75) is 32.9 Å². The van der Waals surface area contributed by atoms with E-state index in [1.807, 2.05) is 35.0 Å². The molecule has 1 fully saturated rings. The van der Waals surface area contributed by atoms with Crippen molar-refractivity contribution >= 4 is 5.65 Å². The van der Waals surface area contributed by atoms with Crippen LogP contribution in [0.3, 0.4) is 0 Å². The average molecular weight is 321 g/mol. The number of aryl methyl sites for hydroxylation is 1. The van der Waals surface area contributed by atoms with Crippen LogP contribution in [-0.2, 0) is 13.2 Å². The first kappa shape index (κ1) is 15.2. The highest BCUT2D eigenvalue weighted by molar-refractivity contribution is 5.47. The SMILES string of the molecule is Cc1cccn2cc(COc3ccc(CNCC4CC4)cc3)nc12. The third-order valence-electron chi connectivity index (χ3n) is 4.50. The van der Waals surface area contributed by atoms with Gasteiger partial charge in [-0.2, -0.15) is 0 Å². The minimum absolute atomic E-state index is 0.487. The predicted octanol–water partition coefficient (Wildman–Crippen LogP) is 3.72. The molecule has 1 aliphatic carbocycles. The van der Waals surface area contributed by atoms with Gasteiger partial charge in [0.15, 0.2) is 0 Å². The molecule has 4 heteroatoms. The zero-order valence-corrected chi connectivity index (χ0v) is 14.0. The quantitative estimate of drug-likeness (QED) is 0.721. The Bertz CT molecular complexity index is 819. The lowest BCUT2D eigenvalue weighted by molar-refractivity contribution is 0.302.